The van der Waals surface area contributed by atoms with Gasteiger partial charge >= 0.3 is 0 Å². The van der Waals surface area contributed by atoms with E-state index in [9.17, 15) is 4.39 Å². The van der Waals surface area contributed by atoms with Crippen molar-refractivity contribution in [3.63, 3.8) is 0 Å². The van der Waals surface area contributed by atoms with Gasteiger partial charge in [0.05, 0.1) is 35.0 Å². The minimum absolute atomic E-state index is 0.216. The Bertz CT molecular complexity index is 1860. The van der Waals surface area contributed by atoms with Crippen molar-refractivity contribution in [3.05, 3.63) is 107 Å². The molecule has 0 amide bonds. The van der Waals surface area contributed by atoms with Crippen molar-refractivity contribution in [2.75, 3.05) is 44.8 Å². The van der Waals surface area contributed by atoms with Gasteiger partial charge in [-0.05, 0) is 72.5 Å². The predicted molar refractivity (Wildman–Crippen MR) is 171 cm³/mol. The highest BCUT2D eigenvalue weighted by Crippen LogP contribution is 2.32. The first-order valence-electron chi connectivity index (χ1n) is 15.0. The molecule has 1 saturated heterocycles. The lowest BCUT2D eigenvalue weighted by atomic mass is 10.2. The summed E-state index contributed by atoms with van der Waals surface area (Å²) in [5.74, 6) is 0.996. The van der Waals surface area contributed by atoms with Gasteiger partial charge in [0.2, 0.25) is 12.1 Å². The van der Waals surface area contributed by atoms with Crippen molar-refractivity contribution >= 4 is 39.7 Å². The molecule has 1 aliphatic carbocycles. The number of rotatable bonds is 10. The van der Waals surface area contributed by atoms with Crippen LogP contribution in [0.25, 0.3) is 16.6 Å². The van der Waals surface area contributed by atoms with Gasteiger partial charge in [-0.25, -0.2) is 9.37 Å². The molecular formula is C34H33ClFN6O3+. The monoisotopic (exact) mass is 627 g/mol. The minimum atomic E-state index is -0.300. The molecular weight excluding hydrogens is 595 g/mol. The Morgan fingerprint density at radius 1 is 1.04 bits per heavy atom. The zero-order chi connectivity index (χ0) is 30.6. The van der Waals surface area contributed by atoms with Gasteiger partial charge in [0.1, 0.15) is 24.8 Å². The Morgan fingerprint density at radius 2 is 1.96 bits per heavy atom. The van der Waals surface area contributed by atoms with E-state index in [4.69, 9.17) is 25.9 Å². The van der Waals surface area contributed by atoms with E-state index < -0.39 is 0 Å². The maximum Gasteiger partial charge on any atom is 0.234 e. The molecule has 230 valence electrons. The summed E-state index contributed by atoms with van der Waals surface area (Å²) in [5, 5.41) is 9.30. The largest absolute Gasteiger partial charge is 0.487 e. The van der Waals surface area contributed by atoms with E-state index >= 15 is 0 Å². The minimum Gasteiger partial charge on any atom is -0.487 e. The van der Waals surface area contributed by atoms with E-state index in [1.54, 1.807) is 24.5 Å². The lowest BCUT2D eigenvalue weighted by Gasteiger charge is -2.25. The van der Waals surface area contributed by atoms with E-state index in [1.807, 2.05) is 18.2 Å². The molecule has 5 aromatic rings. The number of aromatic nitrogens is 3. The summed E-state index contributed by atoms with van der Waals surface area (Å²) in [4.78, 5) is 15.8. The van der Waals surface area contributed by atoms with Gasteiger partial charge in [-0.15, -0.1) is 4.98 Å². The SMILES string of the molecule is Fc1cccc(COc2ccc(Nc3[nH+]cnc4ccc(-n5cc6c(c5)/C(=N/OCCN5CCOCC5)CC6)cc34)cc2Cl)c1. The Balaban J connectivity index is 1.05. The summed E-state index contributed by atoms with van der Waals surface area (Å²) in [6, 6.07) is 18.0. The molecule has 0 radical (unpaired) electrons. The molecule has 2 aliphatic rings. The van der Waals surface area contributed by atoms with Crippen LogP contribution in [0.1, 0.15) is 23.1 Å². The third kappa shape index (κ3) is 6.78. The summed E-state index contributed by atoms with van der Waals surface area (Å²) < 4.78 is 26.9. The lowest BCUT2D eigenvalue weighted by Crippen LogP contribution is -2.38. The first kappa shape index (κ1) is 29.2. The van der Waals surface area contributed by atoms with Crippen molar-refractivity contribution in [1.29, 1.82) is 0 Å². The standard InChI is InChI=1S/C34H32ClFN6O3/c35-30-17-26(5-9-33(30)44-21-23-2-1-3-25(36)16-23)39-34-28-18-27(6-8-31(28)37-22-38-34)42-19-24-4-7-32(29(24)20-42)40-45-15-12-41-10-13-43-14-11-41/h1-3,5-6,8-9,16-20,22H,4,7,10-15,21H2,(H,37,38,39)/p+1/b40-32+. The van der Waals surface area contributed by atoms with Gasteiger partial charge < -0.3 is 18.9 Å². The maximum absolute atomic E-state index is 13.5. The molecule has 3 heterocycles. The van der Waals surface area contributed by atoms with Gasteiger partial charge in [0.15, 0.2) is 5.52 Å². The molecule has 9 nitrogen and oxygen atoms in total. The number of halogens is 2. The lowest BCUT2D eigenvalue weighted by molar-refractivity contribution is -0.363. The molecule has 7 rings (SSSR count). The Labute approximate surface area is 265 Å². The molecule has 0 bridgehead atoms. The number of morpholine rings is 1. The number of fused-ring (bicyclic) bond motifs is 2. The number of H-pyrrole nitrogens is 1. The average molecular weight is 628 g/mol. The van der Waals surface area contributed by atoms with Crippen LogP contribution >= 0.6 is 11.6 Å². The molecule has 45 heavy (non-hydrogen) atoms. The molecule has 1 aliphatic heterocycles. The number of oxime groups is 1. The topological polar surface area (TPSA) is 87.3 Å². The zero-order valence-electron chi connectivity index (χ0n) is 24.6. The fourth-order valence-corrected chi connectivity index (χ4v) is 5.91. The van der Waals surface area contributed by atoms with Gasteiger partial charge in [-0.2, -0.15) is 0 Å². The Kier molecular flexibility index (Phi) is 8.59. The fraction of sp³-hybridized carbons (Fsp3) is 0.265. The summed E-state index contributed by atoms with van der Waals surface area (Å²) >= 11 is 6.55. The smallest absolute Gasteiger partial charge is 0.234 e. The van der Waals surface area contributed by atoms with Crippen molar-refractivity contribution < 1.29 is 23.7 Å². The highest BCUT2D eigenvalue weighted by atomic mass is 35.5. The number of nitrogens with one attached hydrogen (secondary N) is 2. The van der Waals surface area contributed by atoms with Crippen molar-refractivity contribution in [2.24, 2.45) is 5.16 Å². The summed E-state index contributed by atoms with van der Waals surface area (Å²) in [6.07, 6.45) is 7.78. The van der Waals surface area contributed by atoms with Crippen LogP contribution in [0.2, 0.25) is 5.02 Å². The predicted octanol–water partition coefficient (Wildman–Crippen LogP) is 5.95. The second-order valence-corrected chi connectivity index (χ2v) is 11.5. The van der Waals surface area contributed by atoms with E-state index in [0.717, 1.165) is 90.6 Å². The molecule has 2 N–H and O–H groups in total. The van der Waals surface area contributed by atoms with E-state index in [0.29, 0.717) is 17.4 Å². The second-order valence-electron chi connectivity index (χ2n) is 11.1. The summed E-state index contributed by atoms with van der Waals surface area (Å²) in [7, 11) is 0. The second kappa shape index (κ2) is 13.2. The molecule has 0 atom stereocenters. The van der Waals surface area contributed by atoms with Crippen molar-refractivity contribution in [1.82, 2.24) is 14.5 Å². The highest BCUT2D eigenvalue weighted by Gasteiger charge is 2.22. The quantitative estimate of drug-likeness (QED) is 0.152. The van der Waals surface area contributed by atoms with Crippen LogP contribution in [0, 0.1) is 5.82 Å². The highest BCUT2D eigenvalue weighted by molar-refractivity contribution is 6.32. The van der Waals surface area contributed by atoms with Crippen molar-refractivity contribution in [2.45, 2.75) is 19.4 Å². The van der Waals surface area contributed by atoms with Gasteiger partial charge in [0.25, 0.3) is 0 Å². The normalized spacial score (nSPS) is 15.8. The number of hydrogen-bond acceptors (Lipinski definition) is 7. The molecule has 1 fully saturated rings. The summed E-state index contributed by atoms with van der Waals surface area (Å²) in [6.45, 7) is 5.09. The van der Waals surface area contributed by atoms with Gasteiger partial charge in [-0.3, -0.25) is 10.2 Å². The Hall–Kier alpha value is -4.51. The van der Waals surface area contributed by atoms with E-state index in [1.165, 1.54) is 17.7 Å². The number of benzene rings is 3. The third-order valence-electron chi connectivity index (χ3n) is 8.07. The van der Waals surface area contributed by atoms with Crippen LogP contribution in [0.3, 0.4) is 0 Å². The first-order valence-corrected chi connectivity index (χ1v) is 15.4. The third-order valence-corrected chi connectivity index (χ3v) is 8.37. The van der Waals surface area contributed by atoms with Crippen LogP contribution in [0.4, 0.5) is 15.9 Å². The first-order chi connectivity index (χ1) is 22.1. The molecule has 11 heteroatoms. The van der Waals surface area contributed by atoms with Gasteiger partial charge in [0, 0.05) is 43.3 Å². The number of ether oxygens (including phenoxy) is 2. The maximum atomic E-state index is 13.5. The van der Waals surface area contributed by atoms with Crippen LogP contribution in [0.15, 0.2) is 84.5 Å². The number of nitrogens with zero attached hydrogens (tertiary/aromatic N) is 4. The number of hydrogen-bond donors (Lipinski definition) is 1. The Morgan fingerprint density at radius 3 is 2.82 bits per heavy atom. The van der Waals surface area contributed by atoms with Crippen LogP contribution in [0.5, 0.6) is 5.75 Å². The fourth-order valence-electron chi connectivity index (χ4n) is 5.68. The van der Waals surface area contributed by atoms with Crippen molar-refractivity contribution in [3.8, 4) is 11.4 Å². The molecule has 3 aromatic carbocycles. The number of aryl methyl sites for hydroxylation is 1. The number of aromatic amines is 1. The average Bonchev–Trinajstić information content (AvgIpc) is 3.65. The molecule has 0 spiro atoms. The van der Waals surface area contributed by atoms with E-state index in [-0.39, 0.29) is 12.4 Å². The molecule has 2 aromatic heterocycles. The summed E-state index contributed by atoms with van der Waals surface area (Å²) in [5.41, 5.74) is 6.74. The number of anilines is 2. The molecule has 0 saturated carbocycles. The van der Waals surface area contributed by atoms with Crippen LogP contribution in [-0.2, 0) is 22.6 Å². The van der Waals surface area contributed by atoms with Gasteiger partial charge in [-0.1, -0.05) is 28.9 Å². The van der Waals surface area contributed by atoms with Crippen LogP contribution in [-0.4, -0.2) is 59.6 Å². The van der Waals surface area contributed by atoms with E-state index in [2.05, 4.69) is 54.4 Å². The zero-order valence-corrected chi connectivity index (χ0v) is 25.4. The van der Waals surface area contributed by atoms with Crippen LogP contribution < -0.4 is 15.0 Å². The molecule has 0 unspecified atom stereocenters.